The monoisotopic (exact) mass is 287 g/mol. The fourth-order valence-electron chi connectivity index (χ4n) is 5.11. The molecular formula is C19H29NO. The number of hydrogen-bond acceptors (Lipinski definition) is 2. The maximum atomic E-state index is 11.8. The number of nitrogens with two attached hydrogens (primary N) is 1. The first-order chi connectivity index (χ1) is 9.97. The summed E-state index contributed by atoms with van der Waals surface area (Å²) >= 11 is 0. The van der Waals surface area contributed by atoms with Gasteiger partial charge in [0.15, 0.2) is 0 Å². The number of rotatable bonds is 2. The predicted octanol–water partition coefficient (Wildman–Crippen LogP) is 3.55. The van der Waals surface area contributed by atoms with Crippen molar-refractivity contribution in [3.63, 3.8) is 0 Å². The van der Waals surface area contributed by atoms with E-state index in [0.29, 0.717) is 6.54 Å². The Morgan fingerprint density at radius 3 is 2.48 bits per heavy atom. The molecule has 3 N–H and O–H groups in total. The molecule has 1 aromatic rings. The molecule has 0 bridgehead atoms. The van der Waals surface area contributed by atoms with Gasteiger partial charge in [0.1, 0.15) is 0 Å². The van der Waals surface area contributed by atoms with Crippen molar-refractivity contribution in [2.45, 2.75) is 69.8 Å². The summed E-state index contributed by atoms with van der Waals surface area (Å²) in [6.07, 6.45) is 7.57. The van der Waals surface area contributed by atoms with Crippen LogP contribution in [0.5, 0.6) is 0 Å². The molecule has 0 amide bonds. The van der Waals surface area contributed by atoms with E-state index in [4.69, 9.17) is 5.73 Å². The summed E-state index contributed by atoms with van der Waals surface area (Å²) in [6, 6.07) is 8.65. The average molecular weight is 287 g/mol. The molecule has 2 aliphatic carbocycles. The van der Waals surface area contributed by atoms with Crippen molar-refractivity contribution in [1.29, 1.82) is 0 Å². The van der Waals surface area contributed by atoms with E-state index in [1.807, 2.05) is 0 Å². The Bertz CT molecular complexity index is 524. The quantitative estimate of drug-likeness (QED) is 0.874. The summed E-state index contributed by atoms with van der Waals surface area (Å²) in [5.74, 6) is 0. The Morgan fingerprint density at radius 2 is 1.76 bits per heavy atom. The molecule has 0 saturated heterocycles. The topological polar surface area (TPSA) is 46.2 Å². The highest BCUT2D eigenvalue weighted by Crippen LogP contribution is 2.57. The van der Waals surface area contributed by atoms with E-state index in [-0.39, 0.29) is 10.8 Å². The van der Waals surface area contributed by atoms with Crippen molar-refractivity contribution >= 4 is 0 Å². The Kier molecular flexibility index (Phi) is 3.66. The first-order valence-electron chi connectivity index (χ1n) is 8.48. The minimum absolute atomic E-state index is 0.0743. The summed E-state index contributed by atoms with van der Waals surface area (Å²) in [5, 5.41) is 11.8. The van der Waals surface area contributed by atoms with Crippen LogP contribution < -0.4 is 5.73 Å². The number of fused-ring (bicyclic) bond motifs is 1. The molecule has 0 aromatic heterocycles. The molecule has 1 saturated carbocycles. The van der Waals surface area contributed by atoms with Gasteiger partial charge in [-0.2, -0.15) is 0 Å². The van der Waals surface area contributed by atoms with Crippen molar-refractivity contribution in [2.75, 3.05) is 6.54 Å². The molecule has 1 fully saturated rings. The minimum atomic E-state index is -0.691. The van der Waals surface area contributed by atoms with Gasteiger partial charge in [-0.05, 0) is 48.6 Å². The van der Waals surface area contributed by atoms with Crippen LogP contribution in [0.15, 0.2) is 24.3 Å². The lowest BCUT2D eigenvalue weighted by molar-refractivity contribution is -0.155. The Balaban J connectivity index is 2.17. The third kappa shape index (κ3) is 1.99. The van der Waals surface area contributed by atoms with Gasteiger partial charge in [-0.3, -0.25) is 0 Å². The molecule has 116 valence electrons. The van der Waals surface area contributed by atoms with E-state index in [1.54, 1.807) is 0 Å². The van der Waals surface area contributed by atoms with Crippen molar-refractivity contribution in [3.05, 3.63) is 35.4 Å². The van der Waals surface area contributed by atoms with Gasteiger partial charge in [0.25, 0.3) is 0 Å². The second-order valence-electron chi connectivity index (χ2n) is 7.75. The molecule has 2 nitrogen and oxygen atoms in total. The zero-order valence-electron chi connectivity index (χ0n) is 13.5. The van der Waals surface area contributed by atoms with Gasteiger partial charge in [-0.15, -0.1) is 0 Å². The summed E-state index contributed by atoms with van der Waals surface area (Å²) in [7, 11) is 0. The van der Waals surface area contributed by atoms with Gasteiger partial charge in [-0.25, -0.2) is 0 Å². The van der Waals surface area contributed by atoms with Crippen molar-refractivity contribution in [2.24, 2.45) is 11.1 Å². The Hall–Kier alpha value is -0.860. The molecule has 0 aliphatic heterocycles. The molecule has 2 atom stereocenters. The van der Waals surface area contributed by atoms with Crippen molar-refractivity contribution < 1.29 is 5.11 Å². The highest BCUT2D eigenvalue weighted by molar-refractivity contribution is 5.41. The fourth-order valence-corrected chi connectivity index (χ4v) is 5.11. The molecule has 0 spiro atoms. The number of benzene rings is 1. The van der Waals surface area contributed by atoms with Gasteiger partial charge >= 0.3 is 0 Å². The van der Waals surface area contributed by atoms with Crippen LogP contribution >= 0.6 is 0 Å². The zero-order chi connectivity index (χ0) is 15.1. The number of hydrogen-bond donors (Lipinski definition) is 2. The first-order valence-corrected chi connectivity index (χ1v) is 8.48. The van der Waals surface area contributed by atoms with E-state index in [1.165, 1.54) is 17.5 Å². The highest BCUT2D eigenvalue weighted by Gasteiger charge is 2.59. The van der Waals surface area contributed by atoms with E-state index >= 15 is 0 Å². The molecule has 0 heterocycles. The molecule has 0 radical (unpaired) electrons. The van der Waals surface area contributed by atoms with Crippen LogP contribution in [-0.2, 0) is 11.8 Å². The highest BCUT2D eigenvalue weighted by atomic mass is 16.3. The van der Waals surface area contributed by atoms with E-state index in [0.717, 1.165) is 38.5 Å². The second-order valence-corrected chi connectivity index (χ2v) is 7.75. The second kappa shape index (κ2) is 5.10. The third-order valence-corrected chi connectivity index (χ3v) is 6.43. The van der Waals surface area contributed by atoms with E-state index in [2.05, 4.69) is 38.1 Å². The smallest absolute Gasteiger partial charge is 0.0806 e. The van der Waals surface area contributed by atoms with Crippen LogP contribution in [0, 0.1) is 5.41 Å². The molecule has 3 rings (SSSR count). The van der Waals surface area contributed by atoms with Crippen LogP contribution in [-0.4, -0.2) is 17.3 Å². The van der Waals surface area contributed by atoms with Crippen LogP contribution in [0.25, 0.3) is 0 Å². The largest absolute Gasteiger partial charge is 0.388 e. The maximum absolute atomic E-state index is 11.8. The van der Waals surface area contributed by atoms with Gasteiger partial charge in [-0.1, -0.05) is 51.0 Å². The fraction of sp³-hybridized carbons (Fsp3) is 0.684. The molecule has 1 aromatic carbocycles. The lowest BCUT2D eigenvalue weighted by Crippen LogP contribution is -2.65. The van der Waals surface area contributed by atoms with Gasteiger partial charge in [0, 0.05) is 12.0 Å². The molecule has 21 heavy (non-hydrogen) atoms. The SMILES string of the molecule is CC1(C)CCCCC1(O)C1(CN)CCCc2ccccc21. The van der Waals surface area contributed by atoms with Crippen molar-refractivity contribution in [3.8, 4) is 0 Å². The summed E-state index contributed by atoms with van der Waals surface area (Å²) in [4.78, 5) is 0. The normalized spacial score (nSPS) is 35.2. The van der Waals surface area contributed by atoms with E-state index in [9.17, 15) is 5.11 Å². The zero-order valence-corrected chi connectivity index (χ0v) is 13.5. The Labute approximate surface area is 128 Å². The molecule has 2 heteroatoms. The predicted molar refractivity (Wildman–Crippen MR) is 87.3 cm³/mol. The van der Waals surface area contributed by atoms with Crippen LogP contribution in [0.2, 0.25) is 0 Å². The van der Waals surface area contributed by atoms with Crippen LogP contribution in [0.1, 0.15) is 63.5 Å². The summed E-state index contributed by atoms with van der Waals surface area (Å²) in [5.41, 5.74) is 8.00. The van der Waals surface area contributed by atoms with Gasteiger partial charge < -0.3 is 10.8 Å². The van der Waals surface area contributed by atoms with Gasteiger partial charge in [0.2, 0.25) is 0 Å². The number of aliphatic hydroxyl groups is 1. The summed E-state index contributed by atoms with van der Waals surface area (Å²) < 4.78 is 0. The molecule has 2 aliphatic rings. The van der Waals surface area contributed by atoms with Gasteiger partial charge in [0.05, 0.1) is 5.60 Å². The molecule has 2 unspecified atom stereocenters. The standard InChI is InChI=1S/C19H29NO/c1-17(2)11-5-6-13-19(17,21)18(14-20)12-7-9-15-8-3-4-10-16(15)18/h3-4,8,10,21H,5-7,9,11-14,20H2,1-2H3. The van der Waals surface area contributed by atoms with Crippen molar-refractivity contribution in [1.82, 2.24) is 0 Å². The lowest BCUT2D eigenvalue weighted by atomic mass is 9.49. The third-order valence-electron chi connectivity index (χ3n) is 6.43. The van der Waals surface area contributed by atoms with Crippen LogP contribution in [0.4, 0.5) is 0 Å². The maximum Gasteiger partial charge on any atom is 0.0806 e. The average Bonchev–Trinajstić information content (AvgIpc) is 2.49. The number of aryl methyl sites for hydroxylation is 1. The lowest BCUT2D eigenvalue weighted by Gasteiger charge is -2.59. The summed E-state index contributed by atoms with van der Waals surface area (Å²) in [6.45, 7) is 5.02. The van der Waals surface area contributed by atoms with Crippen LogP contribution in [0.3, 0.4) is 0 Å². The Morgan fingerprint density at radius 1 is 1.05 bits per heavy atom. The first kappa shape index (κ1) is 15.1. The van der Waals surface area contributed by atoms with E-state index < -0.39 is 5.60 Å². The minimum Gasteiger partial charge on any atom is -0.388 e. The molecular weight excluding hydrogens is 258 g/mol.